The molecule has 0 spiro atoms. The summed E-state index contributed by atoms with van der Waals surface area (Å²) in [6.45, 7) is 3.91. The highest BCUT2D eigenvalue weighted by molar-refractivity contribution is 6.32. The van der Waals surface area contributed by atoms with Gasteiger partial charge in [0, 0.05) is 0 Å². The van der Waals surface area contributed by atoms with Crippen LogP contribution in [0.5, 0.6) is 0 Å². The Kier molecular flexibility index (Phi) is 5.92. The molecule has 1 aromatic carbocycles. The number of esters is 1. The molecule has 2 rings (SSSR count). The molecule has 0 aliphatic heterocycles. The van der Waals surface area contributed by atoms with Gasteiger partial charge in [-0.2, -0.15) is 0 Å². The summed E-state index contributed by atoms with van der Waals surface area (Å²) < 4.78 is 6.14. The first-order valence-corrected chi connectivity index (χ1v) is 7.86. The third kappa shape index (κ3) is 4.32. The van der Waals surface area contributed by atoms with Crippen LogP contribution in [-0.4, -0.2) is 40.0 Å². The number of halogens is 1. The zero-order valence-electron chi connectivity index (χ0n) is 13.7. The number of ether oxygens (including phenoxy) is 1. The van der Waals surface area contributed by atoms with E-state index in [0.717, 1.165) is 0 Å². The summed E-state index contributed by atoms with van der Waals surface area (Å²) in [7, 11) is 1.29. The lowest BCUT2D eigenvalue weighted by Gasteiger charge is -2.17. The number of carbonyl (C=O) groups excluding carboxylic acids is 2. The van der Waals surface area contributed by atoms with Crippen LogP contribution in [0, 0.1) is 5.92 Å². The Morgan fingerprint density at radius 2 is 2.04 bits per heavy atom. The van der Waals surface area contributed by atoms with E-state index in [9.17, 15) is 9.59 Å². The van der Waals surface area contributed by atoms with Crippen LogP contribution in [0.4, 0.5) is 0 Å². The van der Waals surface area contributed by atoms with Crippen LogP contribution in [0.25, 0.3) is 5.69 Å². The van der Waals surface area contributed by atoms with Crippen molar-refractivity contribution >= 4 is 23.5 Å². The second-order valence-electron chi connectivity index (χ2n) is 5.68. The SMILES string of the molecule is COC(=O)C(CC(C)C)NC(=O)c1cn(-c2ccccc2Cl)nn1. The van der Waals surface area contributed by atoms with Crippen molar-refractivity contribution in [3.63, 3.8) is 0 Å². The standard InChI is InChI=1S/C16H19ClN4O3/c1-10(2)8-12(16(23)24-3)18-15(22)13-9-21(20-19-13)14-7-5-4-6-11(14)17/h4-7,9-10,12H,8H2,1-3H3,(H,18,22). The number of nitrogens with one attached hydrogen (secondary N) is 1. The topological polar surface area (TPSA) is 86.1 Å². The fraction of sp³-hybridized carbons (Fsp3) is 0.375. The van der Waals surface area contributed by atoms with Crippen LogP contribution in [0.3, 0.4) is 0 Å². The van der Waals surface area contributed by atoms with Crippen molar-refractivity contribution in [1.82, 2.24) is 20.3 Å². The summed E-state index contributed by atoms with van der Waals surface area (Å²) in [5.41, 5.74) is 0.699. The van der Waals surface area contributed by atoms with Gasteiger partial charge in [0.1, 0.15) is 6.04 Å². The van der Waals surface area contributed by atoms with Gasteiger partial charge in [0.15, 0.2) is 5.69 Å². The molecular weight excluding hydrogens is 332 g/mol. The predicted octanol–water partition coefficient (Wildman–Crippen LogP) is 2.24. The van der Waals surface area contributed by atoms with Crippen LogP contribution in [0.2, 0.25) is 5.02 Å². The Labute approximate surface area is 144 Å². The van der Waals surface area contributed by atoms with E-state index in [0.29, 0.717) is 17.1 Å². The lowest BCUT2D eigenvalue weighted by molar-refractivity contribution is -0.143. The highest BCUT2D eigenvalue weighted by Gasteiger charge is 2.24. The van der Waals surface area contributed by atoms with Gasteiger partial charge < -0.3 is 10.1 Å². The van der Waals surface area contributed by atoms with Gasteiger partial charge in [-0.05, 0) is 24.5 Å². The van der Waals surface area contributed by atoms with Crippen molar-refractivity contribution in [3.8, 4) is 5.69 Å². The first-order chi connectivity index (χ1) is 11.4. The van der Waals surface area contributed by atoms with Crippen molar-refractivity contribution in [3.05, 3.63) is 41.2 Å². The number of aromatic nitrogens is 3. The maximum absolute atomic E-state index is 12.3. The minimum Gasteiger partial charge on any atom is -0.467 e. The van der Waals surface area contributed by atoms with E-state index >= 15 is 0 Å². The lowest BCUT2D eigenvalue weighted by Crippen LogP contribution is -2.42. The number of hydrogen-bond donors (Lipinski definition) is 1. The Balaban J connectivity index is 2.15. The maximum Gasteiger partial charge on any atom is 0.328 e. The van der Waals surface area contributed by atoms with Crippen LogP contribution >= 0.6 is 11.6 Å². The molecule has 2 aromatic rings. The van der Waals surface area contributed by atoms with Crippen LogP contribution < -0.4 is 5.32 Å². The minimum atomic E-state index is -0.729. The average Bonchev–Trinajstić information content (AvgIpc) is 3.03. The lowest BCUT2D eigenvalue weighted by atomic mass is 10.0. The number of para-hydroxylation sites is 1. The Morgan fingerprint density at radius 1 is 1.33 bits per heavy atom. The fourth-order valence-corrected chi connectivity index (χ4v) is 2.41. The van der Waals surface area contributed by atoms with Crippen molar-refractivity contribution in [2.75, 3.05) is 7.11 Å². The zero-order chi connectivity index (χ0) is 17.7. The molecule has 1 unspecified atom stereocenters. The van der Waals surface area contributed by atoms with E-state index < -0.39 is 17.9 Å². The van der Waals surface area contributed by atoms with Gasteiger partial charge >= 0.3 is 5.97 Å². The number of carbonyl (C=O) groups is 2. The monoisotopic (exact) mass is 350 g/mol. The number of hydrogen-bond acceptors (Lipinski definition) is 5. The molecule has 8 heteroatoms. The molecule has 1 atom stereocenters. The molecule has 0 saturated carbocycles. The van der Waals surface area contributed by atoms with Crippen molar-refractivity contribution in [2.24, 2.45) is 5.92 Å². The summed E-state index contributed by atoms with van der Waals surface area (Å²) in [6.07, 6.45) is 1.93. The van der Waals surface area contributed by atoms with Crippen LogP contribution in [-0.2, 0) is 9.53 Å². The predicted molar refractivity (Wildman–Crippen MR) is 89.1 cm³/mol. The summed E-state index contributed by atoms with van der Waals surface area (Å²) in [6, 6.07) is 6.35. The van der Waals surface area contributed by atoms with Gasteiger partial charge in [-0.25, -0.2) is 9.48 Å². The smallest absolute Gasteiger partial charge is 0.328 e. The molecule has 0 aliphatic rings. The maximum atomic E-state index is 12.3. The van der Waals surface area contributed by atoms with E-state index in [1.54, 1.807) is 24.3 Å². The highest BCUT2D eigenvalue weighted by atomic mass is 35.5. The van der Waals surface area contributed by atoms with E-state index in [1.165, 1.54) is 18.0 Å². The van der Waals surface area contributed by atoms with Crippen molar-refractivity contribution < 1.29 is 14.3 Å². The number of amides is 1. The molecule has 1 aromatic heterocycles. The zero-order valence-corrected chi connectivity index (χ0v) is 14.4. The molecule has 1 N–H and O–H groups in total. The molecule has 0 saturated heterocycles. The van der Waals surface area contributed by atoms with Gasteiger partial charge in [0.05, 0.1) is 24.0 Å². The number of methoxy groups -OCH3 is 1. The first-order valence-electron chi connectivity index (χ1n) is 7.48. The largest absolute Gasteiger partial charge is 0.467 e. The fourth-order valence-electron chi connectivity index (χ4n) is 2.18. The van der Waals surface area contributed by atoms with Gasteiger partial charge in [-0.1, -0.05) is 42.8 Å². The van der Waals surface area contributed by atoms with E-state index in [2.05, 4.69) is 15.6 Å². The van der Waals surface area contributed by atoms with Gasteiger partial charge in [0.2, 0.25) is 0 Å². The summed E-state index contributed by atoms with van der Waals surface area (Å²) >= 11 is 6.10. The molecule has 7 nitrogen and oxygen atoms in total. The average molecular weight is 351 g/mol. The summed E-state index contributed by atoms with van der Waals surface area (Å²) in [4.78, 5) is 24.1. The number of benzene rings is 1. The molecule has 1 heterocycles. The highest BCUT2D eigenvalue weighted by Crippen LogP contribution is 2.18. The molecular formula is C16H19ClN4O3. The molecule has 0 bridgehead atoms. The minimum absolute atomic E-state index is 0.0904. The molecule has 0 aliphatic carbocycles. The Morgan fingerprint density at radius 3 is 2.67 bits per heavy atom. The molecule has 1 amide bonds. The molecule has 0 radical (unpaired) electrons. The van der Waals surface area contributed by atoms with E-state index in [4.69, 9.17) is 16.3 Å². The van der Waals surface area contributed by atoms with E-state index in [-0.39, 0.29) is 11.6 Å². The van der Waals surface area contributed by atoms with Crippen molar-refractivity contribution in [2.45, 2.75) is 26.3 Å². The molecule has 0 fully saturated rings. The molecule has 24 heavy (non-hydrogen) atoms. The normalized spacial score (nSPS) is 12.0. The summed E-state index contributed by atoms with van der Waals surface area (Å²) in [5.74, 6) is -0.770. The van der Waals surface area contributed by atoms with Crippen LogP contribution in [0.1, 0.15) is 30.8 Å². The van der Waals surface area contributed by atoms with Crippen LogP contribution in [0.15, 0.2) is 30.5 Å². The van der Waals surface area contributed by atoms with Gasteiger partial charge in [-0.3, -0.25) is 4.79 Å². The molecule has 128 valence electrons. The third-order valence-corrected chi connectivity index (χ3v) is 3.64. The third-order valence-electron chi connectivity index (χ3n) is 3.32. The number of nitrogens with zero attached hydrogens (tertiary/aromatic N) is 3. The quantitative estimate of drug-likeness (QED) is 0.807. The van der Waals surface area contributed by atoms with E-state index in [1.807, 2.05) is 13.8 Å². The first kappa shape index (κ1) is 17.9. The number of rotatable bonds is 6. The van der Waals surface area contributed by atoms with Crippen molar-refractivity contribution in [1.29, 1.82) is 0 Å². The second-order valence-corrected chi connectivity index (χ2v) is 6.09. The van der Waals surface area contributed by atoms with Gasteiger partial charge in [0.25, 0.3) is 5.91 Å². The second kappa shape index (κ2) is 7.92. The Bertz CT molecular complexity index is 730. The Hall–Kier alpha value is -2.41. The summed E-state index contributed by atoms with van der Waals surface area (Å²) in [5, 5.41) is 10.9. The van der Waals surface area contributed by atoms with Gasteiger partial charge in [-0.15, -0.1) is 5.10 Å².